The van der Waals surface area contributed by atoms with Crippen molar-refractivity contribution in [1.29, 1.82) is 0 Å². The summed E-state index contributed by atoms with van der Waals surface area (Å²) in [4.78, 5) is 0. The molecule has 0 aromatic rings. The molecule has 0 bridgehead atoms. The van der Waals surface area contributed by atoms with E-state index < -0.39 is 10.0 Å². The number of nitrogens with one attached hydrogen (secondary N) is 1. The van der Waals surface area contributed by atoms with Gasteiger partial charge in [0, 0.05) is 19.6 Å². The number of piperidine rings is 1. The number of hydrogen-bond donors (Lipinski definition) is 1. The van der Waals surface area contributed by atoms with Crippen molar-refractivity contribution in [2.24, 2.45) is 0 Å². The van der Waals surface area contributed by atoms with Crippen molar-refractivity contribution < 1.29 is 8.42 Å². The predicted octanol–water partition coefficient (Wildman–Crippen LogP) is 0.164. The number of rotatable bonds is 2. The topological polar surface area (TPSA) is 49.4 Å². The highest BCUT2D eigenvalue weighted by molar-refractivity contribution is 7.89. The third kappa shape index (κ3) is 1.94. The molecule has 0 aromatic heterocycles. The summed E-state index contributed by atoms with van der Waals surface area (Å²) < 4.78 is 25.8. The van der Waals surface area contributed by atoms with E-state index in [1.165, 1.54) is 6.42 Å². The van der Waals surface area contributed by atoms with Gasteiger partial charge in [-0.15, -0.1) is 0 Å². The maximum Gasteiger partial charge on any atom is 0.218 e. The van der Waals surface area contributed by atoms with Crippen LogP contribution in [-0.4, -0.2) is 44.2 Å². The van der Waals surface area contributed by atoms with Crippen LogP contribution in [0.2, 0.25) is 0 Å². The van der Waals surface area contributed by atoms with Crippen LogP contribution in [0.25, 0.3) is 0 Å². The zero-order valence-corrected chi connectivity index (χ0v) is 9.22. The summed E-state index contributed by atoms with van der Waals surface area (Å²) in [5, 5.41) is 2.95. The smallest absolute Gasteiger partial charge is 0.218 e. The molecule has 82 valence electrons. The van der Waals surface area contributed by atoms with Crippen molar-refractivity contribution in [2.75, 3.05) is 26.2 Å². The average molecular weight is 218 g/mol. The number of nitrogens with zero attached hydrogens (tertiary/aromatic N) is 1. The minimum absolute atomic E-state index is 0.166. The Labute approximate surface area is 85.7 Å². The van der Waals surface area contributed by atoms with Gasteiger partial charge in [0.15, 0.2) is 0 Å². The van der Waals surface area contributed by atoms with E-state index in [9.17, 15) is 8.42 Å². The summed E-state index contributed by atoms with van der Waals surface area (Å²) in [6.07, 6.45) is 4.01. The van der Waals surface area contributed by atoms with Crippen molar-refractivity contribution in [3.05, 3.63) is 0 Å². The van der Waals surface area contributed by atoms with E-state index in [0.717, 1.165) is 38.9 Å². The maximum atomic E-state index is 12.1. The van der Waals surface area contributed by atoms with E-state index in [1.807, 2.05) is 0 Å². The lowest BCUT2D eigenvalue weighted by atomic mass is 10.2. The lowest BCUT2D eigenvalue weighted by molar-refractivity contribution is 0.343. The molecule has 2 aliphatic rings. The van der Waals surface area contributed by atoms with Gasteiger partial charge in [0.05, 0.1) is 5.25 Å². The van der Waals surface area contributed by atoms with Crippen LogP contribution < -0.4 is 5.32 Å². The van der Waals surface area contributed by atoms with E-state index in [4.69, 9.17) is 0 Å². The van der Waals surface area contributed by atoms with Crippen molar-refractivity contribution >= 4 is 10.0 Å². The maximum absolute atomic E-state index is 12.1. The molecular weight excluding hydrogens is 200 g/mol. The van der Waals surface area contributed by atoms with E-state index in [-0.39, 0.29) is 5.25 Å². The zero-order chi connectivity index (χ0) is 10.0. The summed E-state index contributed by atoms with van der Waals surface area (Å²) in [6.45, 7) is 2.95. The van der Waals surface area contributed by atoms with E-state index >= 15 is 0 Å². The van der Waals surface area contributed by atoms with Crippen LogP contribution in [0.3, 0.4) is 0 Å². The molecule has 0 radical (unpaired) electrons. The highest BCUT2D eigenvalue weighted by Crippen LogP contribution is 2.19. The Morgan fingerprint density at radius 2 is 1.86 bits per heavy atom. The molecule has 2 saturated heterocycles. The van der Waals surface area contributed by atoms with Gasteiger partial charge in [-0.25, -0.2) is 12.7 Å². The molecule has 1 unspecified atom stereocenters. The fourth-order valence-electron chi connectivity index (χ4n) is 2.21. The van der Waals surface area contributed by atoms with E-state index in [2.05, 4.69) is 5.32 Å². The zero-order valence-electron chi connectivity index (χ0n) is 8.41. The van der Waals surface area contributed by atoms with Crippen LogP contribution >= 0.6 is 0 Å². The molecule has 2 rings (SSSR count). The predicted molar refractivity (Wildman–Crippen MR) is 55.6 cm³/mol. The average Bonchev–Trinajstić information content (AvgIpc) is 2.72. The van der Waals surface area contributed by atoms with Crippen LogP contribution in [0.5, 0.6) is 0 Å². The third-order valence-electron chi connectivity index (χ3n) is 3.11. The fraction of sp³-hybridized carbons (Fsp3) is 1.00. The molecule has 0 aliphatic carbocycles. The standard InChI is InChI=1S/C9H18N2O2S/c12-14(13,9-4-5-10-8-9)11-6-2-1-3-7-11/h9-10H,1-8H2. The molecular formula is C9H18N2O2S. The SMILES string of the molecule is O=S(=O)(C1CCNC1)N1CCCCC1. The largest absolute Gasteiger partial charge is 0.315 e. The lowest BCUT2D eigenvalue weighted by Gasteiger charge is -2.28. The highest BCUT2D eigenvalue weighted by atomic mass is 32.2. The summed E-state index contributed by atoms with van der Waals surface area (Å²) >= 11 is 0. The molecule has 0 aromatic carbocycles. The molecule has 2 heterocycles. The Morgan fingerprint density at radius 3 is 2.43 bits per heavy atom. The van der Waals surface area contributed by atoms with Gasteiger partial charge < -0.3 is 5.32 Å². The second kappa shape index (κ2) is 4.16. The van der Waals surface area contributed by atoms with E-state index in [0.29, 0.717) is 6.54 Å². The highest BCUT2D eigenvalue weighted by Gasteiger charge is 2.34. The second-order valence-corrected chi connectivity index (χ2v) is 6.33. The molecule has 14 heavy (non-hydrogen) atoms. The molecule has 0 spiro atoms. The Hall–Kier alpha value is -0.130. The normalized spacial score (nSPS) is 30.7. The van der Waals surface area contributed by atoms with E-state index in [1.54, 1.807) is 4.31 Å². The molecule has 2 fully saturated rings. The van der Waals surface area contributed by atoms with Crippen LogP contribution in [-0.2, 0) is 10.0 Å². The Balaban J connectivity index is 2.05. The monoisotopic (exact) mass is 218 g/mol. The summed E-state index contributed by atoms with van der Waals surface area (Å²) in [7, 11) is -2.99. The summed E-state index contributed by atoms with van der Waals surface area (Å²) in [5.41, 5.74) is 0. The molecule has 5 heteroatoms. The first-order valence-electron chi connectivity index (χ1n) is 5.41. The molecule has 0 amide bonds. The molecule has 1 N–H and O–H groups in total. The number of sulfonamides is 1. The third-order valence-corrected chi connectivity index (χ3v) is 5.44. The van der Waals surface area contributed by atoms with Gasteiger partial charge in [0.1, 0.15) is 0 Å². The second-order valence-electron chi connectivity index (χ2n) is 4.12. The molecule has 4 nitrogen and oxygen atoms in total. The number of hydrogen-bond acceptors (Lipinski definition) is 3. The Kier molecular flexibility index (Phi) is 3.09. The van der Waals surface area contributed by atoms with Gasteiger partial charge in [-0.3, -0.25) is 0 Å². The first-order valence-corrected chi connectivity index (χ1v) is 6.91. The lowest BCUT2D eigenvalue weighted by Crippen LogP contribution is -2.42. The van der Waals surface area contributed by atoms with Crippen molar-refractivity contribution in [3.8, 4) is 0 Å². The van der Waals surface area contributed by atoms with Crippen molar-refractivity contribution in [1.82, 2.24) is 9.62 Å². The van der Waals surface area contributed by atoms with Crippen LogP contribution in [0.4, 0.5) is 0 Å². The first kappa shape index (κ1) is 10.4. The van der Waals surface area contributed by atoms with Gasteiger partial charge in [-0.1, -0.05) is 6.42 Å². The van der Waals surface area contributed by atoms with Gasteiger partial charge in [0.25, 0.3) is 0 Å². The van der Waals surface area contributed by atoms with Gasteiger partial charge in [0.2, 0.25) is 10.0 Å². The molecule has 0 saturated carbocycles. The van der Waals surface area contributed by atoms with Crippen LogP contribution in [0, 0.1) is 0 Å². The van der Waals surface area contributed by atoms with Crippen molar-refractivity contribution in [2.45, 2.75) is 30.9 Å². The van der Waals surface area contributed by atoms with Gasteiger partial charge in [-0.05, 0) is 25.8 Å². The van der Waals surface area contributed by atoms with Crippen LogP contribution in [0.15, 0.2) is 0 Å². The Morgan fingerprint density at radius 1 is 1.14 bits per heavy atom. The molecule has 2 aliphatic heterocycles. The minimum Gasteiger partial charge on any atom is -0.315 e. The minimum atomic E-state index is -2.99. The van der Waals surface area contributed by atoms with Gasteiger partial charge >= 0.3 is 0 Å². The Bertz CT molecular complexity index is 277. The summed E-state index contributed by atoms with van der Waals surface area (Å²) in [6, 6.07) is 0. The quantitative estimate of drug-likeness (QED) is 0.718. The van der Waals surface area contributed by atoms with Crippen LogP contribution in [0.1, 0.15) is 25.7 Å². The summed E-state index contributed by atoms with van der Waals surface area (Å²) in [5.74, 6) is 0. The first-order chi connectivity index (χ1) is 6.71. The molecule has 1 atom stereocenters. The van der Waals surface area contributed by atoms with Gasteiger partial charge in [-0.2, -0.15) is 0 Å². The fourth-order valence-corrected chi connectivity index (χ4v) is 4.15. The van der Waals surface area contributed by atoms with Crippen molar-refractivity contribution in [3.63, 3.8) is 0 Å².